The van der Waals surface area contributed by atoms with Gasteiger partial charge in [-0.2, -0.15) is 4.98 Å². The molecule has 0 atom stereocenters. The van der Waals surface area contributed by atoms with E-state index in [9.17, 15) is 4.39 Å². The van der Waals surface area contributed by atoms with Crippen LogP contribution in [0.25, 0.3) is 0 Å². The summed E-state index contributed by atoms with van der Waals surface area (Å²) in [6, 6.07) is 5.96. The predicted molar refractivity (Wildman–Crippen MR) is 79.7 cm³/mol. The Balaban J connectivity index is 2.21. The monoisotopic (exact) mass is 339 g/mol. The summed E-state index contributed by atoms with van der Waals surface area (Å²) in [5.41, 5.74) is 0. The zero-order valence-corrected chi connectivity index (χ0v) is 12.9. The van der Waals surface area contributed by atoms with Gasteiger partial charge in [0.25, 0.3) is 0 Å². The van der Waals surface area contributed by atoms with Gasteiger partial charge in [0.1, 0.15) is 23.2 Å². The second kappa shape index (κ2) is 6.65. The minimum Gasteiger partial charge on any atom is -0.438 e. The molecule has 20 heavy (non-hydrogen) atoms. The first-order valence-corrected chi connectivity index (χ1v) is 7.10. The number of anilines is 1. The Labute approximate surface area is 125 Å². The van der Waals surface area contributed by atoms with Gasteiger partial charge in [-0.15, -0.1) is 0 Å². The van der Waals surface area contributed by atoms with Gasteiger partial charge in [-0.05, 0) is 47.5 Å². The van der Waals surface area contributed by atoms with Gasteiger partial charge >= 0.3 is 0 Å². The maximum atomic E-state index is 13.0. The van der Waals surface area contributed by atoms with Crippen LogP contribution in [0.15, 0.2) is 28.7 Å². The molecule has 0 saturated carbocycles. The first kappa shape index (κ1) is 14.7. The number of nitrogens with zero attached hydrogens (tertiary/aromatic N) is 2. The Morgan fingerprint density at radius 1 is 1.30 bits per heavy atom. The van der Waals surface area contributed by atoms with Crippen LogP contribution in [0, 0.1) is 12.7 Å². The van der Waals surface area contributed by atoms with Crippen molar-refractivity contribution in [3.63, 3.8) is 0 Å². The third kappa shape index (κ3) is 3.90. The summed E-state index contributed by atoms with van der Waals surface area (Å²) in [6.07, 6.45) is 1.00. The van der Waals surface area contributed by atoms with Crippen molar-refractivity contribution in [2.45, 2.75) is 20.3 Å². The van der Waals surface area contributed by atoms with E-state index in [2.05, 4.69) is 38.1 Å². The second-order valence-corrected chi connectivity index (χ2v) is 5.10. The van der Waals surface area contributed by atoms with Crippen LogP contribution in [0.2, 0.25) is 0 Å². The average molecular weight is 340 g/mol. The SMILES string of the molecule is CCCNc1cc(Oc2ccc(F)cc2Br)nc(C)n1. The molecule has 106 valence electrons. The zero-order valence-electron chi connectivity index (χ0n) is 11.3. The molecule has 2 rings (SSSR count). The first-order chi connectivity index (χ1) is 9.58. The molecule has 0 aliphatic rings. The third-order valence-corrected chi connectivity index (χ3v) is 3.10. The molecule has 0 aliphatic heterocycles. The van der Waals surface area contributed by atoms with E-state index in [1.54, 1.807) is 19.1 Å². The summed E-state index contributed by atoms with van der Waals surface area (Å²) in [7, 11) is 0. The molecule has 1 heterocycles. The molecule has 0 spiro atoms. The van der Waals surface area contributed by atoms with Crippen molar-refractivity contribution in [2.24, 2.45) is 0 Å². The lowest BCUT2D eigenvalue weighted by Crippen LogP contribution is -2.04. The van der Waals surface area contributed by atoms with Gasteiger partial charge in [-0.1, -0.05) is 6.92 Å². The van der Waals surface area contributed by atoms with Crippen molar-refractivity contribution in [1.29, 1.82) is 0 Å². The number of aryl methyl sites for hydroxylation is 1. The third-order valence-electron chi connectivity index (χ3n) is 2.48. The van der Waals surface area contributed by atoms with E-state index in [1.807, 2.05) is 0 Å². The number of aromatic nitrogens is 2. The fourth-order valence-electron chi connectivity index (χ4n) is 1.61. The molecule has 6 heteroatoms. The van der Waals surface area contributed by atoms with Gasteiger partial charge < -0.3 is 10.1 Å². The molecule has 1 aromatic heterocycles. The van der Waals surface area contributed by atoms with Gasteiger partial charge in [-0.3, -0.25) is 0 Å². The topological polar surface area (TPSA) is 47.0 Å². The van der Waals surface area contributed by atoms with Crippen LogP contribution in [0.5, 0.6) is 11.6 Å². The zero-order chi connectivity index (χ0) is 14.5. The van der Waals surface area contributed by atoms with Crippen LogP contribution >= 0.6 is 15.9 Å². The molecule has 0 amide bonds. The van der Waals surface area contributed by atoms with E-state index >= 15 is 0 Å². The molecule has 0 fully saturated rings. The number of nitrogens with one attached hydrogen (secondary N) is 1. The number of ether oxygens (including phenoxy) is 1. The van der Waals surface area contributed by atoms with E-state index < -0.39 is 0 Å². The maximum Gasteiger partial charge on any atom is 0.224 e. The smallest absolute Gasteiger partial charge is 0.224 e. The van der Waals surface area contributed by atoms with Gasteiger partial charge in [0, 0.05) is 12.6 Å². The van der Waals surface area contributed by atoms with Crippen molar-refractivity contribution in [2.75, 3.05) is 11.9 Å². The highest BCUT2D eigenvalue weighted by Gasteiger charge is 2.07. The van der Waals surface area contributed by atoms with Crippen molar-refractivity contribution < 1.29 is 9.13 Å². The molecular weight excluding hydrogens is 325 g/mol. The van der Waals surface area contributed by atoms with Crippen LogP contribution < -0.4 is 10.1 Å². The van der Waals surface area contributed by atoms with Crippen molar-refractivity contribution >= 4 is 21.7 Å². The van der Waals surface area contributed by atoms with Gasteiger partial charge in [0.2, 0.25) is 5.88 Å². The van der Waals surface area contributed by atoms with Gasteiger partial charge in [0.05, 0.1) is 4.47 Å². The minimum absolute atomic E-state index is 0.326. The minimum atomic E-state index is -0.326. The molecule has 0 saturated heterocycles. The van der Waals surface area contributed by atoms with Crippen LogP contribution in [0.1, 0.15) is 19.2 Å². The van der Waals surface area contributed by atoms with Crippen LogP contribution in [0.3, 0.4) is 0 Å². The summed E-state index contributed by atoms with van der Waals surface area (Å²) < 4.78 is 19.2. The van der Waals surface area contributed by atoms with Crippen molar-refractivity contribution in [3.05, 3.63) is 40.4 Å². The molecule has 1 N–H and O–H groups in total. The number of hydrogen-bond acceptors (Lipinski definition) is 4. The molecular formula is C14H15BrFN3O. The molecule has 1 aromatic carbocycles. The molecule has 0 radical (unpaired) electrons. The predicted octanol–water partition coefficient (Wildman–Crippen LogP) is 4.30. The summed E-state index contributed by atoms with van der Waals surface area (Å²) in [5, 5.41) is 3.18. The Kier molecular flexibility index (Phi) is 4.89. The maximum absolute atomic E-state index is 13.0. The number of rotatable bonds is 5. The molecule has 2 aromatic rings. The van der Waals surface area contributed by atoms with Crippen LogP contribution in [0.4, 0.5) is 10.2 Å². The lowest BCUT2D eigenvalue weighted by Gasteiger charge is -2.10. The standard InChI is InChI=1S/C14H15BrFN3O/c1-3-6-17-13-8-14(19-9(2)18-13)20-12-5-4-10(16)7-11(12)15/h4-5,7-8H,3,6H2,1-2H3,(H,17,18,19). The highest BCUT2D eigenvalue weighted by atomic mass is 79.9. The van der Waals surface area contributed by atoms with E-state index in [4.69, 9.17) is 4.74 Å². The number of halogens is 2. The Bertz CT molecular complexity index is 607. The largest absolute Gasteiger partial charge is 0.438 e. The first-order valence-electron chi connectivity index (χ1n) is 6.31. The number of hydrogen-bond donors (Lipinski definition) is 1. The highest BCUT2D eigenvalue weighted by molar-refractivity contribution is 9.10. The summed E-state index contributed by atoms with van der Waals surface area (Å²) in [4.78, 5) is 8.49. The fraction of sp³-hybridized carbons (Fsp3) is 0.286. The molecule has 0 unspecified atom stereocenters. The van der Waals surface area contributed by atoms with E-state index in [1.165, 1.54) is 12.1 Å². The lowest BCUT2D eigenvalue weighted by molar-refractivity contribution is 0.455. The van der Waals surface area contributed by atoms with E-state index in [0.717, 1.165) is 13.0 Å². The molecule has 0 aliphatic carbocycles. The highest BCUT2D eigenvalue weighted by Crippen LogP contribution is 2.30. The second-order valence-electron chi connectivity index (χ2n) is 4.24. The van der Waals surface area contributed by atoms with Gasteiger partial charge in [0.15, 0.2) is 0 Å². The molecule has 4 nitrogen and oxygen atoms in total. The fourth-order valence-corrected chi connectivity index (χ4v) is 2.04. The lowest BCUT2D eigenvalue weighted by atomic mass is 10.3. The van der Waals surface area contributed by atoms with Crippen molar-refractivity contribution in [1.82, 2.24) is 9.97 Å². The summed E-state index contributed by atoms with van der Waals surface area (Å²) in [6.45, 7) is 4.70. The number of benzene rings is 1. The summed E-state index contributed by atoms with van der Waals surface area (Å²) >= 11 is 3.26. The van der Waals surface area contributed by atoms with E-state index in [0.29, 0.717) is 27.7 Å². The Hall–Kier alpha value is -1.69. The quantitative estimate of drug-likeness (QED) is 0.882. The average Bonchev–Trinajstić information content (AvgIpc) is 2.39. The van der Waals surface area contributed by atoms with Crippen molar-refractivity contribution in [3.8, 4) is 11.6 Å². The Morgan fingerprint density at radius 3 is 2.80 bits per heavy atom. The Morgan fingerprint density at radius 2 is 2.10 bits per heavy atom. The van der Waals surface area contributed by atoms with Crippen LogP contribution in [-0.4, -0.2) is 16.5 Å². The van der Waals surface area contributed by atoms with E-state index in [-0.39, 0.29) is 5.82 Å². The van der Waals surface area contributed by atoms with Crippen LogP contribution in [-0.2, 0) is 0 Å². The normalized spacial score (nSPS) is 10.4. The van der Waals surface area contributed by atoms with Gasteiger partial charge in [-0.25, -0.2) is 9.37 Å². The molecule has 0 bridgehead atoms. The summed E-state index contributed by atoms with van der Waals surface area (Å²) in [5.74, 6) is 1.93.